The third-order valence-corrected chi connectivity index (χ3v) is 5.08. The summed E-state index contributed by atoms with van der Waals surface area (Å²) in [5.41, 5.74) is 1.77. The number of urea groups is 1. The van der Waals surface area contributed by atoms with Gasteiger partial charge < -0.3 is 19.4 Å². The van der Waals surface area contributed by atoms with Crippen molar-refractivity contribution in [1.29, 1.82) is 0 Å². The van der Waals surface area contributed by atoms with Gasteiger partial charge in [-0.15, -0.1) is 5.10 Å². The lowest BCUT2D eigenvalue weighted by molar-refractivity contribution is -0.135. The molecule has 0 bridgehead atoms. The monoisotopic (exact) mass is 364 g/mol. The van der Waals surface area contributed by atoms with Crippen molar-refractivity contribution in [2.24, 2.45) is 0 Å². The molecule has 1 aromatic rings. The van der Waals surface area contributed by atoms with E-state index in [1.807, 2.05) is 33.2 Å². The number of fused-ring (bicyclic) bond motifs is 1. The van der Waals surface area contributed by atoms with Gasteiger partial charge in [0.2, 0.25) is 5.91 Å². The zero-order chi connectivity index (χ0) is 18.5. The Morgan fingerprint density at radius 1 is 1.08 bits per heavy atom. The van der Waals surface area contributed by atoms with Gasteiger partial charge in [0.05, 0.1) is 37.7 Å². The summed E-state index contributed by atoms with van der Waals surface area (Å²) in [6.45, 7) is 9.68. The summed E-state index contributed by atoms with van der Waals surface area (Å²) in [5.74, 6) is 0.127. The van der Waals surface area contributed by atoms with Gasteiger partial charge in [-0.3, -0.25) is 4.79 Å². The van der Waals surface area contributed by atoms with Gasteiger partial charge in [0, 0.05) is 45.6 Å². The van der Waals surface area contributed by atoms with Crippen LogP contribution in [0.25, 0.3) is 0 Å². The SMILES string of the molecule is CCN(CC)C(=O)N1CCn2nnc(CCC(=O)N3CCOCC3)c2C1. The largest absolute Gasteiger partial charge is 0.378 e. The molecule has 0 atom stereocenters. The fourth-order valence-electron chi connectivity index (χ4n) is 3.44. The number of aromatic nitrogens is 3. The smallest absolute Gasteiger partial charge is 0.320 e. The van der Waals surface area contributed by atoms with Gasteiger partial charge in [-0.1, -0.05) is 5.21 Å². The lowest BCUT2D eigenvalue weighted by Crippen LogP contribution is -2.46. The average Bonchev–Trinajstić information content (AvgIpc) is 3.10. The molecule has 0 N–H and O–H groups in total. The highest BCUT2D eigenvalue weighted by Gasteiger charge is 2.27. The lowest BCUT2D eigenvalue weighted by Gasteiger charge is -2.32. The molecule has 26 heavy (non-hydrogen) atoms. The molecular formula is C17H28N6O3. The van der Waals surface area contributed by atoms with Crippen LogP contribution < -0.4 is 0 Å². The molecule has 0 spiro atoms. The Labute approximate surface area is 153 Å². The Morgan fingerprint density at radius 2 is 1.81 bits per heavy atom. The van der Waals surface area contributed by atoms with Gasteiger partial charge in [0.15, 0.2) is 0 Å². The number of carbonyl (C=O) groups is 2. The van der Waals surface area contributed by atoms with Gasteiger partial charge in [0.1, 0.15) is 0 Å². The maximum Gasteiger partial charge on any atom is 0.320 e. The molecule has 0 aliphatic carbocycles. The normalized spacial score (nSPS) is 17.2. The molecule has 3 amide bonds. The second-order valence-corrected chi connectivity index (χ2v) is 6.58. The maximum atomic E-state index is 12.6. The van der Waals surface area contributed by atoms with Crippen molar-refractivity contribution in [3.05, 3.63) is 11.4 Å². The first-order valence-corrected chi connectivity index (χ1v) is 9.44. The molecular weight excluding hydrogens is 336 g/mol. The van der Waals surface area contributed by atoms with Crippen LogP contribution in [0.2, 0.25) is 0 Å². The predicted molar refractivity (Wildman–Crippen MR) is 94.5 cm³/mol. The molecule has 2 aliphatic heterocycles. The zero-order valence-corrected chi connectivity index (χ0v) is 15.7. The molecule has 0 saturated carbocycles. The van der Waals surface area contributed by atoms with Crippen LogP contribution in [0.4, 0.5) is 4.79 Å². The van der Waals surface area contributed by atoms with Crippen LogP contribution in [-0.2, 0) is 29.0 Å². The molecule has 2 aliphatic rings. The van der Waals surface area contributed by atoms with Crippen molar-refractivity contribution < 1.29 is 14.3 Å². The van der Waals surface area contributed by atoms with Gasteiger partial charge in [0.25, 0.3) is 0 Å². The zero-order valence-electron chi connectivity index (χ0n) is 15.7. The molecule has 0 aromatic carbocycles. The number of amides is 3. The van der Waals surface area contributed by atoms with Crippen molar-refractivity contribution in [1.82, 2.24) is 29.7 Å². The highest BCUT2D eigenvalue weighted by Crippen LogP contribution is 2.18. The van der Waals surface area contributed by atoms with E-state index < -0.39 is 0 Å². The average molecular weight is 364 g/mol. The number of ether oxygens (including phenoxy) is 1. The van der Waals surface area contributed by atoms with Crippen LogP contribution in [0, 0.1) is 0 Å². The quantitative estimate of drug-likeness (QED) is 0.753. The first kappa shape index (κ1) is 18.6. The third kappa shape index (κ3) is 3.98. The summed E-state index contributed by atoms with van der Waals surface area (Å²) >= 11 is 0. The summed E-state index contributed by atoms with van der Waals surface area (Å²) < 4.78 is 7.15. The molecule has 3 rings (SSSR count). The van der Waals surface area contributed by atoms with Crippen LogP contribution >= 0.6 is 0 Å². The second kappa shape index (κ2) is 8.48. The number of rotatable bonds is 5. The fraction of sp³-hybridized carbons (Fsp3) is 0.765. The Kier molecular flexibility index (Phi) is 6.08. The summed E-state index contributed by atoms with van der Waals surface area (Å²) in [6, 6.07) is 0.0535. The lowest BCUT2D eigenvalue weighted by atomic mass is 10.1. The van der Waals surface area contributed by atoms with Crippen LogP contribution in [0.3, 0.4) is 0 Å². The first-order valence-electron chi connectivity index (χ1n) is 9.44. The molecule has 144 valence electrons. The van der Waals surface area contributed by atoms with E-state index >= 15 is 0 Å². The highest BCUT2D eigenvalue weighted by molar-refractivity contribution is 5.76. The minimum atomic E-state index is 0.0535. The van der Waals surface area contributed by atoms with Crippen molar-refractivity contribution in [2.75, 3.05) is 45.9 Å². The van der Waals surface area contributed by atoms with E-state index in [0.717, 1.165) is 11.4 Å². The fourth-order valence-corrected chi connectivity index (χ4v) is 3.44. The molecule has 9 heteroatoms. The van der Waals surface area contributed by atoms with E-state index in [-0.39, 0.29) is 11.9 Å². The summed E-state index contributed by atoms with van der Waals surface area (Å²) in [7, 11) is 0. The number of aryl methyl sites for hydroxylation is 1. The predicted octanol–water partition coefficient (Wildman–Crippen LogP) is 0.347. The third-order valence-electron chi connectivity index (χ3n) is 5.08. The second-order valence-electron chi connectivity index (χ2n) is 6.58. The van der Waals surface area contributed by atoms with Gasteiger partial charge in [-0.25, -0.2) is 9.48 Å². The minimum Gasteiger partial charge on any atom is -0.378 e. The molecule has 1 saturated heterocycles. The molecule has 1 aromatic heterocycles. The van der Waals surface area contributed by atoms with E-state index in [2.05, 4.69) is 10.3 Å². The van der Waals surface area contributed by atoms with Crippen molar-refractivity contribution in [2.45, 2.75) is 39.8 Å². The maximum absolute atomic E-state index is 12.6. The summed E-state index contributed by atoms with van der Waals surface area (Å²) in [4.78, 5) is 30.5. The Morgan fingerprint density at radius 3 is 2.50 bits per heavy atom. The number of carbonyl (C=O) groups excluding carboxylic acids is 2. The van der Waals surface area contributed by atoms with E-state index in [4.69, 9.17) is 4.74 Å². The van der Waals surface area contributed by atoms with Crippen LogP contribution in [0.5, 0.6) is 0 Å². The van der Waals surface area contributed by atoms with Gasteiger partial charge in [-0.2, -0.15) is 0 Å². The van der Waals surface area contributed by atoms with Crippen molar-refractivity contribution in [3.8, 4) is 0 Å². The standard InChI is InChI=1S/C17H28N6O3/c1-3-20(4-2)17(25)22-7-8-23-15(13-22)14(18-19-23)5-6-16(24)21-9-11-26-12-10-21/h3-13H2,1-2H3. The number of hydrogen-bond donors (Lipinski definition) is 0. The summed E-state index contributed by atoms with van der Waals surface area (Å²) in [5, 5.41) is 8.46. The molecule has 0 unspecified atom stereocenters. The van der Waals surface area contributed by atoms with Crippen LogP contribution in [-0.4, -0.2) is 87.6 Å². The van der Waals surface area contributed by atoms with Crippen LogP contribution in [0.1, 0.15) is 31.7 Å². The van der Waals surface area contributed by atoms with E-state index in [1.165, 1.54) is 0 Å². The van der Waals surface area contributed by atoms with Crippen molar-refractivity contribution >= 4 is 11.9 Å². The topological polar surface area (TPSA) is 83.8 Å². The highest BCUT2D eigenvalue weighted by atomic mass is 16.5. The number of nitrogens with zero attached hydrogens (tertiary/aromatic N) is 6. The Hall–Kier alpha value is -2.16. The van der Waals surface area contributed by atoms with Crippen LogP contribution in [0.15, 0.2) is 0 Å². The van der Waals surface area contributed by atoms with Gasteiger partial charge in [-0.05, 0) is 13.8 Å². The molecule has 0 radical (unpaired) electrons. The molecule has 3 heterocycles. The molecule has 1 fully saturated rings. The Balaban J connectivity index is 1.61. The van der Waals surface area contributed by atoms with E-state index in [1.54, 1.807) is 0 Å². The van der Waals surface area contributed by atoms with E-state index in [0.29, 0.717) is 71.9 Å². The summed E-state index contributed by atoms with van der Waals surface area (Å²) in [6.07, 6.45) is 0.967. The van der Waals surface area contributed by atoms with E-state index in [9.17, 15) is 9.59 Å². The first-order chi connectivity index (χ1) is 12.6. The Bertz CT molecular complexity index is 636. The number of hydrogen-bond acceptors (Lipinski definition) is 5. The molecule has 9 nitrogen and oxygen atoms in total. The number of morpholine rings is 1. The van der Waals surface area contributed by atoms with Crippen molar-refractivity contribution in [3.63, 3.8) is 0 Å². The van der Waals surface area contributed by atoms with Gasteiger partial charge >= 0.3 is 6.03 Å². The minimum absolute atomic E-state index is 0.0535.